The van der Waals surface area contributed by atoms with Crippen LogP contribution in [0.4, 0.5) is 0 Å². The van der Waals surface area contributed by atoms with Crippen molar-refractivity contribution in [2.75, 3.05) is 13.2 Å². The van der Waals surface area contributed by atoms with Crippen molar-refractivity contribution in [3.63, 3.8) is 0 Å². The third-order valence-electron chi connectivity index (χ3n) is 4.88. The highest BCUT2D eigenvalue weighted by molar-refractivity contribution is 5.93. The van der Waals surface area contributed by atoms with E-state index in [-0.39, 0.29) is 17.7 Å². The highest BCUT2D eigenvalue weighted by atomic mass is 16.5. The van der Waals surface area contributed by atoms with Crippen LogP contribution in [0.1, 0.15) is 55.1 Å². The molecule has 1 aliphatic carbocycles. The number of nitrogens with zero attached hydrogens (tertiary/aromatic N) is 2. The van der Waals surface area contributed by atoms with Crippen LogP contribution in [0, 0.1) is 0 Å². The highest BCUT2D eigenvalue weighted by Crippen LogP contribution is 2.40. The molecule has 1 aliphatic rings. The first-order valence-electron chi connectivity index (χ1n) is 8.50. The lowest BCUT2D eigenvalue weighted by atomic mass is 9.70. The first-order valence-corrected chi connectivity index (χ1v) is 8.50. The number of carbonyl (C=O) groups excluding carboxylic acids is 1. The van der Waals surface area contributed by atoms with Gasteiger partial charge in [-0.05, 0) is 31.4 Å². The van der Waals surface area contributed by atoms with Crippen LogP contribution >= 0.6 is 0 Å². The van der Waals surface area contributed by atoms with Gasteiger partial charge in [0.05, 0.1) is 13.2 Å². The molecular formula is C18H23N3O3. The number of benzene rings is 1. The summed E-state index contributed by atoms with van der Waals surface area (Å²) in [4.78, 5) is 12.0. The minimum Gasteiger partial charge on any atom is -0.461 e. The van der Waals surface area contributed by atoms with E-state index in [0.29, 0.717) is 12.3 Å². The third kappa shape index (κ3) is 3.06. The molecule has 1 heterocycles. The normalized spacial score (nSPS) is 16.8. The van der Waals surface area contributed by atoms with Gasteiger partial charge in [0.2, 0.25) is 0 Å². The Morgan fingerprint density at radius 2 is 2.08 bits per heavy atom. The molecule has 0 bridgehead atoms. The predicted molar refractivity (Wildman–Crippen MR) is 89.6 cm³/mol. The van der Waals surface area contributed by atoms with Crippen molar-refractivity contribution >= 4 is 5.97 Å². The summed E-state index contributed by atoms with van der Waals surface area (Å²) in [6, 6.07) is 7.91. The van der Waals surface area contributed by atoms with E-state index in [9.17, 15) is 9.90 Å². The molecule has 1 saturated carbocycles. The number of aliphatic hydroxyl groups is 1. The Bertz CT molecular complexity index is 705. The Balaban J connectivity index is 1.97. The van der Waals surface area contributed by atoms with Crippen LogP contribution in [0.25, 0.3) is 11.3 Å². The summed E-state index contributed by atoms with van der Waals surface area (Å²) >= 11 is 0. The molecule has 24 heavy (non-hydrogen) atoms. The number of nitrogens with one attached hydrogen (secondary N) is 1. The Morgan fingerprint density at radius 1 is 1.29 bits per heavy atom. The van der Waals surface area contributed by atoms with Gasteiger partial charge in [0.15, 0.2) is 5.69 Å². The van der Waals surface area contributed by atoms with Crippen LogP contribution in [0.2, 0.25) is 0 Å². The quantitative estimate of drug-likeness (QED) is 0.824. The minimum atomic E-state index is -0.485. The molecule has 128 valence electrons. The van der Waals surface area contributed by atoms with Crippen LogP contribution in [0.3, 0.4) is 0 Å². The summed E-state index contributed by atoms with van der Waals surface area (Å²) in [7, 11) is 0. The van der Waals surface area contributed by atoms with E-state index in [1.165, 1.54) is 6.42 Å². The maximum atomic E-state index is 12.0. The predicted octanol–water partition coefficient (Wildman–Crippen LogP) is 2.84. The molecule has 2 aromatic rings. The van der Waals surface area contributed by atoms with Crippen LogP contribution < -0.4 is 0 Å². The summed E-state index contributed by atoms with van der Waals surface area (Å²) < 4.78 is 5.03. The summed E-state index contributed by atoms with van der Waals surface area (Å²) in [5.41, 5.74) is 2.39. The summed E-state index contributed by atoms with van der Waals surface area (Å²) in [5, 5.41) is 20.6. The van der Waals surface area contributed by atoms with Crippen molar-refractivity contribution in [1.82, 2.24) is 15.4 Å². The molecule has 0 saturated heterocycles. The maximum Gasteiger partial charge on any atom is 0.361 e. The number of carbonyl (C=O) groups is 1. The van der Waals surface area contributed by atoms with Crippen molar-refractivity contribution in [3.8, 4) is 11.3 Å². The number of H-pyrrole nitrogens is 1. The number of ether oxygens (including phenoxy) is 1. The molecule has 6 heteroatoms. The van der Waals surface area contributed by atoms with Crippen molar-refractivity contribution in [2.24, 2.45) is 0 Å². The van der Waals surface area contributed by atoms with E-state index in [1.54, 1.807) is 6.92 Å². The van der Waals surface area contributed by atoms with Gasteiger partial charge in [0, 0.05) is 11.0 Å². The van der Waals surface area contributed by atoms with Gasteiger partial charge in [0.25, 0.3) is 0 Å². The topological polar surface area (TPSA) is 88.1 Å². The van der Waals surface area contributed by atoms with E-state index in [1.807, 2.05) is 18.2 Å². The minimum absolute atomic E-state index is 0.139. The van der Waals surface area contributed by atoms with Gasteiger partial charge in [-0.15, -0.1) is 5.10 Å². The standard InChI is InChI=1S/C18H23N3O3/c1-2-24-17(23)16-15(19-21-20-16)13-7-6-8-14(11-13)18(12-22)9-4-3-5-10-18/h6-8,11,22H,2-5,9-10,12H2,1H3,(H,19,20,21). The second-order valence-corrected chi connectivity index (χ2v) is 6.32. The van der Waals surface area contributed by atoms with Crippen molar-refractivity contribution in [2.45, 2.75) is 44.4 Å². The van der Waals surface area contributed by atoms with Gasteiger partial charge in [-0.2, -0.15) is 10.3 Å². The zero-order chi connectivity index (χ0) is 17.0. The Morgan fingerprint density at radius 3 is 2.79 bits per heavy atom. The summed E-state index contributed by atoms with van der Waals surface area (Å²) in [6.07, 6.45) is 5.44. The van der Waals surface area contributed by atoms with Crippen LogP contribution in [0.5, 0.6) is 0 Å². The van der Waals surface area contributed by atoms with Gasteiger partial charge in [0.1, 0.15) is 5.69 Å². The molecule has 0 radical (unpaired) electrons. The molecule has 1 fully saturated rings. The lowest BCUT2D eigenvalue weighted by Gasteiger charge is -2.36. The van der Waals surface area contributed by atoms with Gasteiger partial charge in [-0.1, -0.05) is 37.5 Å². The van der Waals surface area contributed by atoms with Crippen molar-refractivity contribution in [1.29, 1.82) is 0 Å². The van der Waals surface area contributed by atoms with Crippen LogP contribution in [-0.4, -0.2) is 39.7 Å². The molecule has 3 rings (SSSR count). The van der Waals surface area contributed by atoms with Gasteiger partial charge >= 0.3 is 5.97 Å². The molecule has 1 aromatic carbocycles. The van der Waals surface area contributed by atoms with Crippen molar-refractivity contribution < 1.29 is 14.6 Å². The number of aliphatic hydroxyl groups excluding tert-OH is 1. The fourth-order valence-electron chi connectivity index (χ4n) is 3.54. The van der Waals surface area contributed by atoms with Gasteiger partial charge < -0.3 is 9.84 Å². The van der Waals surface area contributed by atoms with Crippen LogP contribution in [-0.2, 0) is 10.2 Å². The third-order valence-corrected chi connectivity index (χ3v) is 4.88. The average molecular weight is 329 g/mol. The van der Waals surface area contributed by atoms with E-state index in [0.717, 1.165) is 36.8 Å². The smallest absolute Gasteiger partial charge is 0.361 e. The zero-order valence-electron chi connectivity index (χ0n) is 13.9. The van der Waals surface area contributed by atoms with Crippen LogP contribution in [0.15, 0.2) is 24.3 Å². The zero-order valence-corrected chi connectivity index (χ0v) is 13.9. The second kappa shape index (κ2) is 7.13. The summed E-state index contributed by atoms with van der Waals surface area (Å²) in [6.45, 7) is 2.19. The molecule has 2 N–H and O–H groups in total. The van der Waals surface area contributed by atoms with Crippen molar-refractivity contribution in [3.05, 3.63) is 35.5 Å². The molecule has 1 aromatic heterocycles. The fraction of sp³-hybridized carbons (Fsp3) is 0.500. The number of aromatic nitrogens is 3. The van der Waals surface area contributed by atoms with E-state index < -0.39 is 5.97 Å². The number of hydrogen-bond donors (Lipinski definition) is 2. The van der Waals surface area contributed by atoms with Gasteiger partial charge in [-0.3, -0.25) is 0 Å². The fourth-order valence-corrected chi connectivity index (χ4v) is 3.54. The SMILES string of the molecule is CCOC(=O)c1n[nH]nc1-c1cccc(C2(CO)CCCCC2)c1. The Hall–Kier alpha value is -2.21. The molecule has 0 amide bonds. The lowest BCUT2D eigenvalue weighted by molar-refractivity contribution is 0.0520. The number of rotatable bonds is 5. The molecule has 0 aliphatic heterocycles. The Labute approximate surface area is 141 Å². The van der Waals surface area contributed by atoms with E-state index in [2.05, 4.69) is 21.5 Å². The Kier molecular flexibility index (Phi) is 4.94. The lowest BCUT2D eigenvalue weighted by Crippen LogP contribution is -2.33. The molecule has 0 atom stereocenters. The monoisotopic (exact) mass is 329 g/mol. The number of esters is 1. The molecule has 0 unspecified atom stereocenters. The van der Waals surface area contributed by atoms with E-state index >= 15 is 0 Å². The number of aromatic amines is 1. The average Bonchev–Trinajstić information content (AvgIpc) is 3.12. The number of hydrogen-bond acceptors (Lipinski definition) is 5. The summed E-state index contributed by atoms with van der Waals surface area (Å²) in [5.74, 6) is -0.485. The highest BCUT2D eigenvalue weighted by Gasteiger charge is 2.33. The first kappa shape index (κ1) is 16.6. The second-order valence-electron chi connectivity index (χ2n) is 6.32. The van der Waals surface area contributed by atoms with Gasteiger partial charge in [-0.25, -0.2) is 4.79 Å². The first-order chi connectivity index (χ1) is 11.7. The largest absolute Gasteiger partial charge is 0.461 e. The van der Waals surface area contributed by atoms with E-state index in [4.69, 9.17) is 4.74 Å². The molecular weight excluding hydrogens is 306 g/mol. The maximum absolute atomic E-state index is 12.0. The molecule has 0 spiro atoms. The molecule has 6 nitrogen and oxygen atoms in total.